The molecule has 0 spiro atoms. The van der Waals surface area contributed by atoms with E-state index in [1.807, 2.05) is 18.2 Å². The number of hydrazone groups is 1. The normalized spacial score (nSPS) is 23.9. The summed E-state index contributed by atoms with van der Waals surface area (Å²) in [4.78, 5) is 26.7. The van der Waals surface area contributed by atoms with Gasteiger partial charge in [0.05, 0.1) is 5.69 Å². The summed E-state index contributed by atoms with van der Waals surface area (Å²) >= 11 is 0. The molecule has 1 aliphatic carbocycles. The van der Waals surface area contributed by atoms with E-state index < -0.39 is 12.0 Å². The molecule has 2 heterocycles. The maximum absolute atomic E-state index is 12.5. The molecule has 0 aromatic heterocycles. The Morgan fingerprint density at radius 1 is 1.11 bits per heavy atom. The first-order valence-corrected chi connectivity index (χ1v) is 9.78. The Balaban J connectivity index is 1.33. The van der Waals surface area contributed by atoms with Crippen LogP contribution in [0.4, 0.5) is 5.69 Å². The zero-order valence-electron chi connectivity index (χ0n) is 15.4. The summed E-state index contributed by atoms with van der Waals surface area (Å²) < 4.78 is 0. The van der Waals surface area contributed by atoms with Crippen LogP contribution in [0.3, 0.4) is 0 Å². The first-order valence-electron chi connectivity index (χ1n) is 9.78. The molecule has 27 heavy (non-hydrogen) atoms. The Labute approximate surface area is 159 Å². The van der Waals surface area contributed by atoms with Gasteiger partial charge in [0.25, 0.3) is 5.91 Å². The highest BCUT2D eigenvalue weighted by molar-refractivity contribution is 6.40. The van der Waals surface area contributed by atoms with Crippen molar-refractivity contribution in [3.05, 3.63) is 30.3 Å². The average molecular weight is 370 g/mol. The number of nitrogens with zero attached hydrogens (tertiary/aromatic N) is 3. The van der Waals surface area contributed by atoms with Crippen LogP contribution >= 0.6 is 0 Å². The molecule has 2 aliphatic heterocycles. The van der Waals surface area contributed by atoms with Crippen LogP contribution in [0.5, 0.6) is 0 Å². The third-order valence-electron chi connectivity index (χ3n) is 5.74. The van der Waals surface area contributed by atoms with E-state index in [-0.39, 0.29) is 12.3 Å². The van der Waals surface area contributed by atoms with E-state index in [1.54, 1.807) is 12.1 Å². The van der Waals surface area contributed by atoms with Crippen molar-refractivity contribution < 1.29 is 14.7 Å². The first kappa shape index (κ1) is 18.0. The lowest BCUT2D eigenvalue weighted by Crippen LogP contribution is -2.41. The van der Waals surface area contributed by atoms with Gasteiger partial charge in [-0.1, -0.05) is 18.2 Å². The topological polar surface area (TPSA) is 85.2 Å². The minimum Gasteiger partial charge on any atom is -0.480 e. The SMILES string of the molecule is O=C(NCC1CCN(C2CC2)CC1)C1=NN(c2ccccc2)C(C(=O)O)C1. The molecule has 4 rings (SSSR count). The number of hydrogen-bond donors (Lipinski definition) is 2. The van der Waals surface area contributed by atoms with Crippen molar-refractivity contribution in [2.24, 2.45) is 11.0 Å². The van der Waals surface area contributed by atoms with Gasteiger partial charge in [0.2, 0.25) is 0 Å². The molecule has 3 aliphatic rings. The molecule has 1 aromatic carbocycles. The van der Waals surface area contributed by atoms with E-state index in [1.165, 1.54) is 17.9 Å². The molecule has 2 N–H and O–H groups in total. The first-order chi connectivity index (χ1) is 13.1. The van der Waals surface area contributed by atoms with E-state index >= 15 is 0 Å². The fourth-order valence-corrected chi connectivity index (χ4v) is 3.96. The summed E-state index contributed by atoms with van der Waals surface area (Å²) in [5.41, 5.74) is 0.974. The molecule has 7 nitrogen and oxygen atoms in total. The zero-order valence-corrected chi connectivity index (χ0v) is 15.4. The largest absolute Gasteiger partial charge is 0.480 e. The average Bonchev–Trinajstić information content (AvgIpc) is 3.44. The molecular formula is C20H26N4O3. The van der Waals surface area contributed by atoms with Crippen LogP contribution in [0, 0.1) is 5.92 Å². The number of likely N-dealkylation sites (tertiary alicyclic amines) is 1. The van der Waals surface area contributed by atoms with Crippen molar-refractivity contribution in [2.75, 3.05) is 24.6 Å². The number of nitrogens with one attached hydrogen (secondary N) is 1. The van der Waals surface area contributed by atoms with E-state index in [0.29, 0.717) is 23.9 Å². The number of carbonyl (C=O) groups is 2. The monoisotopic (exact) mass is 370 g/mol. The van der Waals surface area contributed by atoms with Crippen molar-refractivity contribution in [2.45, 2.75) is 44.2 Å². The Hall–Kier alpha value is -2.41. The van der Waals surface area contributed by atoms with Gasteiger partial charge in [-0.25, -0.2) is 4.79 Å². The number of carbonyl (C=O) groups excluding carboxylic acids is 1. The van der Waals surface area contributed by atoms with Crippen LogP contribution in [0.15, 0.2) is 35.4 Å². The summed E-state index contributed by atoms with van der Waals surface area (Å²) in [6, 6.07) is 9.09. The van der Waals surface area contributed by atoms with E-state index in [9.17, 15) is 14.7 Å². The van der Waals surface area contributed by atoms with Crippen molar-refractivity contribution in [3.63, 3.8) is 0 Å². The van der Waals surface area contributed by atoms with Gasteiger partial charge in [0.15, 0.2) is 6.04 Å². The lowest BCUT2D eigenvalue weighted by Gasteiger charge is -2.32. The van der Waals surface area contributed by atoms with Crippen LogP contribution < -0.4 is 10.3 Å². The molecule has 144 valence electrons. The maximum Gasteiger partial charge on any atom is 0.328 e. The molecule has 1 aromatic rings. The van der Waals surface area contributed by atoms with Gasteiger partial charge in [-0.15, -0.1) is 0 Å². The van der Waals surface area contributed by atoms with Gasteiger partial charge in [-0.2, -0.15) is 5.10 Å². The van der Waals surface area contributed by atoms with Crippen molar-refractivity contribution in [3.8, 4) is 0 Å². The minimum absolute atomic E-state index is 0.121. The number of piperidine rings is 1. The fraction of sp³-hybridized carbons (Fsp3) is 0.550. The van der Waals surface area contributed by atoms with E-state index in [2.05, 4.69) is 15.3 Å². The molecule has 1 atom stereocenters. The molecule has 0 bridgehead atoms. The van der Waals surface area contributed by atoms with Crippen LogP contribution in [0.1, 0.15) is 32.1 Å². The second-order valence-corrected chi connectivity index (χ2v) is 7.71. The lowest BCUT2D eigenvalue weighted by molar-refractivity contribution is -0.138. The Morgan fingerprint density at radius 2 is 1.81 bits per heavy atom. The Bertz CT molecular complexity index is 724. The smallest absolute Gasteiger partial charge is 0.328 e. The predicted molar refractivity (Wildman–Crippen MR) is 103 cm³/mol. The molecule has 2 fully saturated rings. The zero-order chi connectivity index (χ0) is 18.8. The van der Waals surface area contributed by atoms with Gasteiger partial charge in [0.1, 0.15) is 5.71 Å². The van der Waals surface area contributed by atoms with Crippen LogP contribution in [-0.2, 0) is 9.59 Å². The van der Waals surface area contributed by atoms with Gasteiger partial charge < -0.3 is 15.3 Å². The quantitative estimate of drug-likeness (QED) is 0.796. The number of anilines is 1. The third-order valence-corrected chi connectivity index (χ3v) is 5.74. The summed E-state index contributed by atoms with van der Waals surface area (Å²) in [6.07, 6.45) is 5.01. The molecule has 1 saturated carbocycles. The number of para-hydroxylation sites is 1. The Morgan fingerprint density at radius 3 is 2.44 bits per heavy atom. The van der Waals surface area contributed by atoms with E-state index in [0.717, 1.165) is 32.0 Å². The Kier molecular flexibility index (Phi) is 5.11. The summed E-state index contributed by atoms with van der Waals surface area (Å²) in [5, 5.41) is 18.2. The molecule has 0 radical (unpaired) electrons. The second-order valence-electron chi connectivity index (χ2n) is 7.71. The highest BCUT2D eigenvalue weighted by atomic mass is 16.4. The fourth-order valence-electron chi connectivity index (χ4n) is 3.96. The van der Waals surface area contributed by atoms with Crippen LogP contribution in [-0.4, -0.2) is 59.3 Å². The highest BCUT2D eigenvalue weighted by Crippen LogP contribution is 2.30. The van der Waals surface area contributed by atoms with Crippen molar-refractivity contribution in [1.82, 2.24) is 10.2 Å². The number of carboxylic acids is 1. The summed E-state index contributed by atoms with van der Waals surface area (Å²) in [5.74, 6) is -0.728. The maximum atomic E-state index is 12.5. The highest BCUT2D eigenvalue weighted by Gasteiger charge is 2.36. The second kappa shape index (κ2) is 7.68. The molecule has 1 amide bonds. The van der Waals surface area contributed by atoms with Gasteiger partial charge >= 0.3 is 5.97 Å². The lowest BCUT2D eigenvalue weighted by atomic mass is 9.96. The molecule has 1 saturated heterocycles. The number of amides is 1. The van der Waals surface area contributed by atoms with Crippen LogP contribution in [0.25, 0.3) is 0 Å². The van der Waals surface area contributed by atoms with Gasteiger partial charge in [-0.3, -0.25) is 9.80 Å². The molecule has 1 unspecified atom stereocenters. The number of carboxylic acid groups (broad SMARTS) is 1. The van der Waals surface area contributed by atoms with Gasteiger partial charge in [-0.05, 0) is 56.8 Å². The number of rotatable bonds is 6. The predicted octanol–water partition coefficient (Wildman–Crippen LogP) is 1.70. The number of benzene rings is 1. The van der Waals surface area contributed by atoms with Crippen molar-refractivity contribution >= 4 is 23.3 Å². The van der Waals surface area contributed by atoms with Crippen molar-refractivity contribution in [1.29, 1.82) is 0 Å². The third kappa shape index (κ3) is 4.13. The van der Waals surface area contributed by atoms with Crippen LogP contribution in [0.2, 0.25) is 0 Å². The standard InChI is InChI=1S/C20H26N4O3/c25-19(21-13-14-8-10-23(11-9-14)15-6-7-15)17-12-18(20(26)27)24(22-17)16-4-2-1-3-5-16/h1-5,14-15,18H,6-13H2,(H,21,25)(H,26,27). The number of hydrogen-bond acceptors (Lipinski definition) is 5. The minimum atomic E-state index is -0.974. The van der Waals surface area contributed by atoms with E-state index in [4.69, 9.17) is 0 Å². The summed E-state index contributed by atoms with van der Waals surface area (Å²) in [6.45, 7) is 2.88. The number of aliphatic carboxylic acids is 1. The summed E-state index contributed by atoms with van der Waals surface area (Å²) in [7, 11) is 0. The van der Waals surface area contributed by atoms with Gasteiger partial charge in [0, 0.05) is 19.0 Å². The molecule has 7 heteroatoms. The molecular weight excluding hydrogens is 344 g/mol.